The smallest absolute Gasteiger partial charge is 0.328 e. The molecule has 2 aromatic rings. The van der Waals surface area contributed by atoms with Gasteiger partial charge in [-0.05, 0) is 17.6 Å². The van der Waals surface area contributed by atoms with E-state index in [0.717, 1.165) is 27.8 Å². The summed E-state index contributed by atoms with van der Waals surface area (Å²) in [5.41, 5.74) is 2.59. The molecule has 0 aliphatic carbocycles. The number of hydrogen-bond acceptors (Lipinski definition) is 2. The molecule has 0 spiro atoms. The number of rotatable bonds is 4. The highest BCUT2D eigenvalue weighted by atomic mass is 16.5. The lowest BCUT2D eigenvalue weighted by Crippen LogP contribution is -1.98. The molecule has 0 fully saturated rings. The van der Waals surface area contributed by atoms with Crippen LogP contribution in [-0.4, -0.2) is 23.2 Å². The molecule has 0 unspecified atom stereocenters. The zero-order valence-corrected chi connectivity index (χ0v) is 11.2. The van der Waals surface area contributed by atoms with E-state index in [9.17, 15) is 4.79 Å². The number of carboxylic acids is 1. The molecular formula is C15H17NO3. The monoisotopic (exact) mass is 259 g/mol. The predicted molar refractivity (Wildman–Crippen MR) is 75.3 cm³/mol. The maximum atomic E-state index is 11.0. The maximum absolute atomic E-state index is 11.0. The summed E-state index contributed by atoms with van der Waals surface area (Å²) in [6.07, 6.45) is 3.11. The Hall–Kier alpha value is -2.23. The topological polar surface area (TPSA) is 62.3 Å². The lowest BCUT2D eigenvalue weighted by atomic mass is 9.94. The molecular weight excluding hydrogens is 242 g/mol. The number of H-pyrrole nitrogens is 1. The molecule has 4 heteroatoms. The SMILES string of the molecule is COc1cccc2c(/C(=C\C(=O)O)C(C)C)c[nH]c12. The Morgan fingerprint density at radius 1 is 1.42 bits per heavy atom. The first-order valence-electron chi connectivity index (χ1n) is 6.13. The highest BCUT2D eigenvalue weighted by Crippen LogP contribution is 2.33. The standard InChI is InChI=1S/C15H17NO3/c1-9(2)11(7-14(17)18)12-8-16-15-10(12)5-4-6-13(15)19-3/h4-9,16H,1-3H3,(H,17,18)/b11-7-. The van der Waals surface area contributed by atoms with Gasteiger partial charge in [0.15, 0.2) is 0 Å². The van der Waals surface area contributed by atoms with Crippen LogP contribution in [-0.2, 0) is 4.79 Å². The zero-order chi connectivity index (χ0) is 14.0. The Balaban J connectivity index is 2.65. The molecule has 0 saturated carbocycles. The van der Waals surface area contributed by atoms with Crippen LogP contribution in [0.3, 0.4) is 0 Å². The molecule has 0 saturated heterocycles. The van der Waals surface area contributed by atoms with E-state index in [1.807, 2.05) is 38.2 Å². The summed E-state index contributed by atoms with van der Waals surface area (Å²) in [7, 11) is 1.62. The van der Waals surface area contributed by atoms with E-state index in [1.165, 1.54) is 6.08 Å². The van der Waals surface area contributed by atoms with Crippen molar-refractivity contribution in [3.63, 3.8) is 0 Å². The Morgan fingerprint density at radius 2 is 2.16 bits per heavy atom. The average molecular weight is 259 g/mol. The second-order valence-electron chi connectivity index (χ2n) is 4.68. The number of aliphatic carboxylic acids is 1. The highest BCUT2D eigenvalue weighted by Gasteiger charge is 2.15. The normalized spacial score (nSPS) is 12.1. The third-order valence-corrected chi connectivity index (χ3v) is 3.11. The number of ether oxygens (including phenoxy) is 1. The summed E-state index contributed by atoms with van der Waals surface area (Å²) < 4.78 is 5.30. The lowest BCUT2D eigenvalue weighted by molar-refractivity contribution is -0.131. The van der Waals surface area contributed by atoms with Gasteiger partial charge in [-0.1, -0.05) is 26.0 Å². The van der Waals surface area contributed by atoms with Crippen molar-refractivity contribution in [3.8, 4) is 5.75 Å². The van der Waals surface area contributed by atoms with Crippen LogP contribution >= 0.6 is 0 Å². The number of nitrogens with one attached hydrogen (secondary N) is 1. The molecule has 19 heavy (non-hydrogen) atoms. The van der Waals surface area contributed by atoms with Gasteiger partial charge in [0.05, 0.1) is 12.6 Å². The number of benzene rings is 1. The Labute approximate surface area is 111 Å². The molecule has 4 nitrogen and oxygen atoms in total. The first-order chi connectivity index (χ1) is 9.04. The van der Waals surface area contributed by atoms with Crippen molar-refractivity contribution in [2.24, 2.45) is 5.92 Å². The molecule has 1 aromatic heterocycles. The first-order valence-corrected chi connectivity index (χ1v) is 6.13. The van der Waals surface area contributed by atoms with Crippen LogP contribution in [0.4, 0.5) is 0 Å². The van der Waals surface area contributed by atoms with Gasteiger partial charge < -0.3 is 14.8 Å². The Bertz CT molecular complexity index is 638. The molecule has 0 aliphatic rings. The minimum Gasteiger partial charge on any atom is -0.495 e. The van der Waals surface area contributed by atoms with Gasteiger partial charge in [0.25, 0.3) is 0 Å². The second kappa shape index (κ2) is 5.18. The molecule has 0 bridgehead atoms. The van der Waals surface area contributed by atoms with Gasteiger partial charge >= 0.3 is 5.97 Å². The highest BCUT2D eigenvalue weighted by molar-refractivity contribution is 6.00. The minimum atomic E-state index is -0.930. The summed E-state index contributed by atoms with van der Waals surface area (Å²) in [4.78, 5) is 14.1. The van der Waals surface area contributed by atoms with Crippen molar-refractivity contribution in [1.82, 2.24) is 4.98 Å². The van der Waals surface area contributed by atoms with Crippen LogP contribution in [0, 0.1) is 5.92 Å². The summed E-state index contributed by atoms with van der Waals surface area (Å²) in [5, 5.41) is 9.97. The average Bonchev–Trinajstić information content (AvgIpc) is 2.78. The van der Waals surface area contributed by atoms with Crippen molar-refractivity contribution in [3.05, 3.63) is 36.0 Å². The maximum Gasteiger partial charge on any atom is 0.328 e. The van der Waals surface area contributed by atoms with Crippen LogP contribution in [0.15, 0.2) is 30.5 Å². The van der Waals surface area contributed by atoms with E-state index >= 15 is 0 Å². The second-order valence-corrected chi connectivity index (χ2v) is 4.68. The number of carbonyl (C=O) groups is 1. The molecule has 1 heterocycles. The van der Waals surface area contributed by atoms with Gasteiger partial charge in [0.1, 0.15) is 5.75 Å². The number of allylic oxidation sites excluding steroid dienone is 1. The van der Waals surface area contributed by atoms with Gasteiger partial charge in [-0.15, -0.1) is 0 Å². The molecule has 1 aromatic carbocycles. The third kappa shape index (κ3) is 2.47. The van der Waals surface area contributed by atoms with Gasteiger partial charge in [-0.2, -0.15) is 0 Å². The number of carboxylic acid groups (broad SMARTS) is 1. The number of para-hydroxylation sites is 1. The van der Waals surface area contributed by atoms with E-state index in [2.05, 4.69) is 4.98 Å². The fourth-order valence-electron chi connectivity index (χ4n) is 2.22. The first kappa shape index (κ1) is 13.2. The zero-order valence-electron chi connectivity index (χ0n) is 11.2. The number of aromatic amines is 1. The number of hydrogen-bond donors (Lipinski definition) is 2. The van der Waals surface area contributed by atoms with Crippen molar-refractivity contribution < 1.29 is 14.6 Å². The van der Waals surface area contributed by atoms with Gasteiger partial charge in [0, 0.05) is 23.2 Å². The number of fused-ring (bicyclic) bond motifs is 1. The van der Waals surface area contributed by atoms with Crippen molar-refractivity contribution in [1.29, 1.82) is 0 Å². The summed E-state index contributed by atoms with van der Waals surface area (Å²) in [6.45, 7) is 3.96. The van der Waals surface area contributed by atoms with Crippen molar-refractivity contribution in [2.75, 3.05) is 7.11 Å². The summed E-state index contributed by atoms with van der Waals surface area (Å²) in [5.74, 6) is -0.0515. The van der Waals surface area contributed by atoms with E-state index in [1.54, 1.807) is 7.11 Å². The molecule has 0 aliphatic heterocycles. The van der Waals surface area contributed by atoms with E-state index < -0.39 is 5.97 Å². The largest absolute Gasteiger partial charge is 0.495 e. The van der Waals surface area contributed by atoms with Crippen LogP contribution in [0.5, 0.6) is 5.75 Å². The molecule has 0 atom stereocenters. The summed E-state index contributed by atoms with van der Waals surface area (Å²) >= 11 is 0. The molecule has 2 rings (SSSR count). The van der Waals surface area contributed by atoms with Gasteiger partial charge in [-0.3, -0.25) is 0 Å². The lowest BCUT2D eigenvalue weighted by Gasteiger charge is -2.10. The Kier molecular flexibility index (Phi) is 3.60. The van der Waals surface area contributed by atoms with Crippen LogP contribution in [0.2, 0.25) is 0 Å². The molecule has 2 N–H and O–H groups in total. The molecule has 100 valence electrons. The number of methoxy groups -OCH3 is 1. The summed E-state index contributed by atoms with van der Waals surface area (Å²) in [6, 6.07) is 5.73. The quantitative estimate of drug-likeness (QED) is 0.828. The minimum absolute atomic E-state index is 0.126. The fraction of sp³-hybridized carbons (Fsp3) is 0.267. The fourth-order valence-corrected chi connectivity index (χ4v) is 2.22. The van der Waals surface area contributed by atoms with E-state index in [0.29, 0.717) is 0 Å². The van der Waals surface area contributed by atoms with E-state index in [-0.39, 0.29) is 5.92 Å². The van der Waals surface area contributed by atoms with Crippen LogP contribution in [0.1, 0.15) is 19.4 Å². The van der Waals surface area contributed by atoms with E-state index in [4.69, 9.17) is 9.84 Å². The van der Waals surface area contributed by atoms with Crippen LogP contribution < -0.4 is 4.74 Å². The molecule has 0 radical (unpaired) electrons. The Morgan fingerprint density at radius 3 is 2.74 bits per heavy atom. The third-order valence-electron chi connectivity index (χ3n) is 3.11. The predicted octanol–water partition coefficient (Wildman–Crippen LogP) is 3.30. The van der Waals surface area contributed by atoms with Crippen LogP contribution in [0.25, 0.3) is 16.5 Å². The van der Waals surface area contributed by atoms with Gasteiger partial charge in [0.2, 0.25) is 0 Å². The number of aromatic nitrogens is 1. The van der Waals surface area contributed by atoms with Gasteiger partial charge in [-0.25, -0.2) is 4.79 Å². The van der Waals surface area contributed by atoms with Crippen molar-refractivity contribution in [2.45, 2.75) is 13.8 Å². The molecule has 0 amide bonds. The van der Waals surface area contributed by atoms with Crippen molar-refractivity contribution >= 4 is 22.4 Å².